The lowest BCUT2D eigenvalue weighted by molar-refractivity contribution is -0.129. The average molecular weight is 323 g/mol. The van der Waals surface area contributed by atoms with E-state index in [9.17, 15) is 9.59 Å². The summed E-state index contributed by atoms with van der Waals surface area (Å²) in [6, 6.07) is 15.2. The Morgan fingerprint density at radius 1 is 1.21 bits per heavy atom. The van der Waals surface area contributed by atoms with Crippen molar-refractivity contribution in [3.8, 4) is 0 Å². The Bertz CT molecular complexity index is 703. The van der Waals surface area contributed by atoms with Gasteiger partial charge in [0.05, 0.1) is 18.2 Å². The van der Waals surface area contributed by atoms with Gasteiger partial charge in [0, 0.05) is 31.4 Å². The second-order valence-electron chi connectivity index (χ2n) is 5.91. The van der Waals surface area contributed by atoms with Gasteiger partial charge < -0.3 is 9.80 Å². The predicted octanol–water partition coefficient (Wildman–Crippen LogP) is 2.48. The number of nitrogens with zero attached hydrogens (tertiary/aromatic N) is 3. The molecule has 2 amide bonds. The number of carbonyl (C=O) groups excluding carboxylic acids is 2. The normalized spacial score (nSPS) is 17.1. The molecule has 5 nitrogen and oxygen atoms in total. The van der Waals surface area contributed by atoms with E-state index < -0.39 is 0 Å². The SMILES string of the molecule is CCN(C(=O)C1CC(=O)N(Cc2ccccn2)C1)c1ccccc1. The molecule has 1 aromatic heterocycles. The number of amides is 2. The summed E-state index contributed by atoms with van der Waals surface area (Å²) in [6.07, 6.45) is 1.99. The molecule has 0 saturated carbocycles. The Balaban J connectivity index is 1.69. The van der Waals surface area contributed by atoms with Gasteiger partial charge in [-0.2, -0.15) is 0 Å². The highest BCUT2D eigenvalue weighted by molar-refractivity contribution is 5.98. The van der Waals surface area contributed by atoms with Crippen molar-refractivity contribution in [1.29, 1.82) is 0 Å². The molecule has 5 heteroatoms. The van der Waals surface area contributed by atoms with Gasteiger partial charge in [0.15, 0.2) is 0 Å². The predicted molar refractivity (Wildman–Crippen MR) is 92.2 cm³/mol. The first kappa shape index (κ1) is 16.2. The average Bonchev–Trinajstić information content (AvgIpc) is 2.98. The molecular weight excluding hydrogens is 302 g/mol. The summed E-state index contributed by atoms with van der Waals surface area (Å²) in [5.74, 6) is -0.259. The summed E-state index contributed by atoms with van der Waals surface area (Å²) in [7, 11) is 0. The van der Waals surface area contributed by atoms with Crippen molar-refractivity contribution in [2.24, 2.45) is 5.92 Å². The van der Waals surface area contributed by atoms with Gasteiger partial charge in [-0.25, -0.2) is 0 Å². The molecule has 2 heterocycles. The molecule has 0 aliphatic carbocycles. The summed E-state index contributed by atoms with van der Waals surface area (Å²) in [6.45, 7) is 3.46. The molecule has 1 atom stereocenters. The molecule has 124 valence electrons. The van der Waals surface area contributed by atoms with Crippen molar-refractivity contribution in [2.75, 3.05) is 18.0 Å². The number of carbonyl (C=O) groups is 2. The number of hydrogen-bond acceptors (Lipinski definition) is 3. The number of likely N-dealkylation sites (tertiary alicyclic amines) is 1. The lowest BCUT2D eigenvalue weighted by atomic mass is 10.1. The molecule has 24 heavy (non-hydrogen) atoms. The fraction of sp³-hybridized carbons (Fsp3) is 0.316. The molecule has 1 aliphatic heterocycles. The van der Waals surface area contributed by atoms with E-state index in [-0.39, 0.29) is 24.2 Å². The van der Waals surface area contributed by atoms with Crippen molar-refractivity contribution in [3.05, 3.63) is 60.4 Å². The number of para-hydroxylation sites is 1. The molecule has 0 radical (unpaired) electrons. The zero-order valence-electron chi connectivity index (χ0n) is 13.8. The largest absolute Gasteiger partial charge is 0.336 e. The number of rotatable bonds is 5. The number of anilines is 1. The maximum atomic E-state index is 12.9. The minimum atomic E-state index is -0.290. The third kappa shape index (κ3) is 3.45. The fourth-order valence-corrected chi connectivity index (χ4v) is 3.07. The topological polar surface area (TPSA) is 53.5 Å². The van der Waals surface area contributed by atoms with E-state index in [2.05, 4.69) is 4.98 Å². The highest BCUT2D eigenvalue weighted by Gasteiger charge is 2.36. The van der Waals surface area contributed by atoms with Crippen LogP contribution in [0, 0.1) is 5.92 Å². The number of hydrogen-bond donors (Lipinski definition) is 0. The third-order valence-corrected chi connectivity index (χ3v) is 4.29. The van der Waals surface area contributed by atoms with E-state index in [0.29, 0.717) is 19.6 Å². The summed E-state index contributed by atoms with van der Waals surface area (Å²) >= 11 is 0. The third-order valence-electron chi connectivity index (χ3n) is 4.29. The van der Waals surface area contributed by atoms with E-state index in [4.69, 9.17) is 0 Å². The molecule has 0 bridgehead atoms. The number of aromatic nitrogens is 1. The first-order valence-corrected chi connectivity index (χ1v) is 8.23. The van der Waals surface area contributed by atoms with E-state index in [1.807, 2.05) is 55.5 Å². The smallest absolute Gasteiger partial charge is 0.232 e. The Kier molecular flexibility index (Phi) is 4.89. The molecule has 1 aromatic carbocycles. The first-order valence-electron chi connectivity index (χ1n) is 8.23. The number of pyridine rings is 1. The van der Waals surface area contributed by atoms with Gasteiger partial charge in [0.2, 0.25) is 11.8 Å². The van der Waals surface area contributed by atoms with Crippen LogP contribution in [-0.4, -0.2) is 34.8 Å². The van der Waals surface area contributed by atoms with Crippen LogP contribution in [0.5, 0.6) is 0 Å². The highest BCUT2D eigenvalue weighted by Crippen LogP contribution is 2.24. The van der Waals surface area contributed by atoms with Crippen molar-refractivity contribution < 1.29 is 9.59 Å². The molecule has 1 saturated heterocycles. The van der Waals surface area contributed by atoms with Gasteiger partial charge in [-0.05, 0) is 31.2 Å². The molecular formula is C19H21N3O2. The van der Waals surface area contributed by atoms with Crippen molar-refractivity contribution >= 4 is 17.5 Å². The van der Waals surface area contributed by atoms with Crippen LogP contribution in [-0.2, 0) is 16.1 Å². The minimum Gasteiger partial charge on any atom is -0.336 e. The van der Waals surface area contributed by atoms with Crippen LogP contribution < -0.4 is 4.90 Å². The van der Waals surface area contributed by atoms with Crippen molar-refractivity contribution in [1.82, 2.24) is 9.88 Å². The quantitative estimate of drug-likeness (QED) is 0.849. The maximum Gasteiger partial charge on any atom is 0.232 e. The fourth-order valence-electron chi connectivity index (χ4n) is 3.07. The van der Waals surface area contributed by atoms with Crippen molar-refractivity contribution in [3.63, 3.8) is 0 Å². The Morgan fingerprint density at radius 2 is 1.96 bits per heavy atom. The van der Waals surface area contributed by atoms with Gasteiger partial charge in [0.25, 0.3) is 0 Å². The first-order chi connectivity index (χ1) is 11.7. The molecule has 0 spiro atoms. The zero-order chi connectivity index (χ0) is 16.9. The zero-order valence-corrected chi connectivity index (χ0v) is 13.8. The second-order valence-corrected chi connectivity index (χ2v) is 5.91. The van der Waals surface area contributed by atoms with Gasteiger partial charge in [0.1, 0.15) is 0 Å². The van der Waals surface area contributed by atoms with E-state index in [1.54, 1.807) is 16.0 Å². The lowest BCUT2D eigenvalue weighted by Gasteiger charge is -2.24. The molecule has 2 aromatic rings. The standard InChI is InChI=1S/C19H21N3O2/c1-2-22(17-9-4-3-5-10-17)19(24)15-12-18(23)21(13-15)14-16-8-6-7-11-20-16/h3-11,15H,2,12-14H2,1H3. The molecule has 1 unspecified atom stereocenters. The summed E-state index contributed by atoms with van der Waals surface area (Å²) in [5, 5.41) is 0. The van der Waals surface area contributed by atoms with Crippen LogP contribution in [0.2, 0.25) is 0 Å². The number of benzene rings is 1. The lowest BCUT2D eigenvalue weighted by Crippen LogP contribution is -2.37. The van der Waals surface area contributed by atoms with E-state index in [0.717, 1.165) is 11.4 Å². The van der Waals surface area contributed by atoms with Crippen LogP contribution in [0.25, 0.3) is 0 Å². The van der Waals surface area contributed by atoms with Crippen LogP contribution >= 0.6 is 0 Å². The Morgan fingerprint density at radius 3 is 2.62 bits per heavy atom. The summed E-state index contributed by atoms with van der Waals surface area (Å²) in [4.78, 5) is 32.9. The summed E-state index contributed by atoms with van der Waals surface area (Å²) in [5.41, 5.74) is 1.72. The van der Waals surface area contributed by atoms with Crippen LogP contribution in [0.4, 0.5) is 5.69 Å². The second kappa shape index (κ2) is 7.25. The van der Waals surface area contributed by atoms with Crippen molar-refractivity contribution in [2.45, 2.75) is 19.9 Å². The van der Waals surface area contributed by atoms with Gasteiger partial charge in [-0.15, -0.1) is 0 Å². The molecule has 0 N–H and O–H groups in total. The summed E-state index contributed by atoms with van der Waals surface area (Å²) < 4.78 is 0. The maximum absolute atomic E-state index is 12.9. The van der Waals surface area contributed by atoms with E-state index in [1.165, 1.54) is 0 Å². The van der Waals surface area contributed by atoms with Gasteiger partial charge >= 0.3 is 0 Å². The Labute approximate surface area is 141 Å². The van der Waals surface area contributed by atoms with Gasteiger partial charge in [-0.3, -0.25) is 14.6 Å². The molecule has 1 fully saturated rings. The highest BCUT2D eigenvalue weighted by atomic mass is 16.2. The molecule has 1 aliphatic rings. The van der Waals surface area contributed by atoms with Crippen LogP contribution in [0.1, 0.15) is 19.0 Å². The van der Waals surface area contributed by atoms with Gasteiger partial charge in [-0.1, -0.05) is 24.3 Å². The monoisotopic (exact) mass is 323 g/mol. The minimum absolute atomic E-state index is 0.0144. The Hall–Kier alpha value is -2.69. The van der Waals surface area contributed by atoms with E-state index >= 15 is 0 Å². The molecule has 3 rings (SSSR count). The van der Waals surface area contributed by atoms with Crippen LogP contribution in [0.15, 0.2) is 54.7 Å². The van der Waals surface area contributed by atoms with Crippen LogP contribution in [0.3, 0.4) is 0 Å².